The van der Waals surface area contributed by atoms with Gasteiger partial charge in [0.2, 0.25) is 12.2 Å². The minimum Gasteiger partial charge on any atom is -0.459 e. The highest BCUT2D eigenvalue weighted by atomic mass is 16.7. The molecule has 11 heteroatoms. The fourth-order valence-electron chi connectivity index (χ4n) is 5.59. The van der Waals surface area contributed by atoms with Gasteiger partial charge in [0.1, 0.15) is 0 Å². The number of rotatable bonds is 13. The SMILES string of the molecule is Cc1c(C2C=C(C(=O)NCCCCC(=O)Nc3ccccc3N)OC(OCc3ccc(CO)cc3)C2)c(=O)n(-c2ccccc2)n1C. The first-order valence-corrected chi connectivity index (χ1v) is 15.7. The van der Waals surface area contributed by atoms with Crippen molar-refractivity contribution in [2.24, 2.45) is 7.05 Å². The van der Waals surface area contributed by atoms with E-state index in [1.54, 1.807) is 35.0 Å². The lowest BCUT2D eigenvalue weighted by molar-refractivity contribution is -0.150. The number of nitrogen functional groups attached to an aromatic ring is 1. The maximum Gasteiger partial charge on any atom is 0.286 e. The highest BCUT2D eigenvalue weighted by Gasteiger charge is 2.33. The summed E-state index contributed by atoms with van der Waals surface area (Å²) in [6.07, 6.45) is 2.65. The smallest absolute Gasteiger partial charge is 0.286 e. The van der Waals surface area contributed by atoms with Crippen LogP contribution in [0.25, 0.3) is 5.69 Å². The van der Waals surface area contributed by atoms with E-state index in [-0.39, 0.29) is 36.9 Å². The molecular weight excluding hydrogens is 598 g/mol. The number of hydrogen-bond donors (Lipinski definition) is 4. The van der Waals surface area contributed by atoms with Crippen LogP contribution >= 0.6 is 0 Å². The summed E-state index contributed by atoms with van der Waals surface area (Å²) in [5, 5.41) is 15.0. The van der Waals surface area contributed by atoms with Gasteiger partial charge in [0, 0.05) is 43.6 Å². The second kappa shape index (κ2) is 15.4. The molecule has 2 heterocycles. The Morgan fingerprint density at radius 3 is 2.43 bits per heavy atom. The summed E-state index contributed by atoms with van der Waals surface area (Å²) in [6, 6.07) is 23.8. The maximum atomic E-state index is 13.8. The Balaban J connectivity index is 1.27. The molecule has 0 spiro atoms. The summed E-state index contributed by atoms with van der Waals surface area (Å²) < 4.78 is 15.6. The molecule has 1 aromatic heterocycles. The van der Waals surface area contributed by atoms with Crippen molar-refractivity contribution in [2.45, 2.75) is 58.0 Å². The molecule has 47 heavy (non-hydrogen) atoms. The van der Waals surface area contributed by atoms with Gasteiger partial charge in [-0.2, -0.15) is 0 Å². The van der Waals surface area contributed by atoms with Gasteiger partial charge in [0.05, 0.1) is 30.3 Å². The number of amides is 2. The molecule has 0 aliphatic carbocycles. The lowest BCUT2D eigenvalue weighted by atomic mass is 9.93. The molecule has 0 bridgehead atoms. The molecule has 246 valence electrons. The van der Waals surface area contributed by atoms with E-state index < -0.39 is 18.1 Å². The van der Waals surface area contributed by atoms with Crippen LogP contribution in [-0.4, -0.2) is 39.1 Å². The van der Waals surface area contributed by atoms with E-state index in [1.165, 1.54) is 0 Å². The molecule has 11 nitrogen and oxygen atoms in total. The molecular formula is C36H41N5O6. The van der Waals surface area contributed by atoms with Crippen molar-refractivity contribution < 1.29 is 24.2 Å². The third-order valence-corrected chi connectivity index (χ3v) is 8.24. The Hall–Kier alpha value is -5.13. The van der Waals surface area contributed by atoms with Gasteiger partial charge in [-0.3, -0.25) is 19.1 Å². The van der Waals surface area contributed by atoms with Gasteiger partial charge in [0.25, 0.3) is 11.5 Å². The molecule has 1 aliphatic heterocycles. The number of hydrogen-bond acceptors (Lipinski definition) is 7. The normalized spacial score (nSPS) is 15.9. The van der Waals surface area contributed by atoms with Crippen molar-refractivity contribution in [3.05, 3.63) is 123 Å². The summed E-state index contributed by atoms with van der Waals surface area (Å²) >= 11 is 0. The molecule has 3 aromatic carbocycles. The van der Waals surface area contributed by atoms with Gasteiger partial charge in [-0.1, -0.05) is 54.6 Å². The number of benzene rings is 3. The van der Waals surface area contributed by atoms with Crippen LogP contribution in [0.3, 0.4) is 0 Å². The highest BCUT2D eigenvalue weighted by Crippen LogP contribution is 2.32. The summed E-state index contributed by atoms with van der Waals surface area (Å²) in [7, 11) is 1.84. The molecule has 4 aromatic rings. The van der Waals surface area contributed by atoms with Crippen molar-refractivity contribution in [3.8, 4) is 5.69 Å². The van der Waals surface area contributed by atoms with Crippen molar-refractivity contribution in [3.63, 3.8) is 0 Å². The van der Waals surface area contributed by atoms with Gasteiger partial charge in [-0.05, 0) is 61.2 Å². The molecule has 0 saturated heterocycles. The predicted octanol–water partition coefficient (Wildman–Crippen LogP) is 4.41. The molecule has 2 atom stereocenters. The molecule has 2 amide bonds. The first kappa shape index (κ1) is 33.2. The fraction of sp³-hybridized carbons (Fsp3) is 0.306. The summed E-state index contributed by atoms with van der Waals surface area (Å²) in [5.74, 6) is -0.938. The lowest BCUT2D eigenvalue weighted by Crippen LogP contribution is -2.34. The van der Waals surface area contributed by atoms with Crippen LogP contribution in [0.1, 0.15) is 54.0 Å². The van der Waals surface area contributed by atoms with E-state index in [9.17, 15) is 19.5 Å². The first-order valence-electron chi connectivity index (χ1n) is 15.7. The van der Waals surface area contributed by atoms with Crippen molar-refractivity contribution in [1.29, 1.82) is 0 Å². The third-order valence-electron chi connectivity index (χ3n) is 8.24. The Morgan fingerprint density at radius 1 is 1.00 bits per heavy atom. The van der Waals surface area contributed by atoms with Gasteiger partial charge < -0.3 is 30.9 Å². The average Bonchev–Trinajstić information content (AvgIpc) is 3.31. The van der Waals surface area contributed by atoms with Crippen molar-refractivity contribution in [2.75, 3.05) is 17.6 Å². The predicted molar refractivity (Wildman–Crippen MR) is 180 cm³/mol. The second-order valence-corrected chi connectivity index (χ2v) is 11.5. The topological polar surface area (TPSA) is 150 Å². The standard InChI is InChI=1S/C36H41N5O6/c1-24-34(36(45)41(40(24)2)28-10-4-3-5-11-28)27-20-31(47-33(21-27)46-23-26-17-15-25(22-42)16-18-26)35(44)38-19-9-8-14-32(43)39-30-13-7-6-12-29(30)37/h3-7,10-13,15-18,20,27,33,42H,8-9,14,19,21-23,37H2,1-2H3,(H,38,44)(H,39,43). The number of nitrogens with zero attached hydrogens (tertiary/aromatic N) is 2. The van der Waals surface area contributed by atoms with Crippen LogP contribution < -0.4 is 21.9 Å². The molecule has 0 saturated carbocycles. The van der Waals surface area contributed by atoms with Crippen LogP contribution in [0, 0.1) is 6.92 Å². The van der Waals surface area contributed by atoms with Gasteiger partial charge >= 0.3 is 0 Å². The summed E-state index contributed by atoms with van der Waals surface area (Å²) in [5.41, 5.74) is 10.5. The number of nitrogens with two attached hydrogens (primary N) is 1. The van der Waals surface area contributed by atoms with E-state index in [0.717, 1.165) is 22.5 Å². The minimum absolute atomic E-state index is 0.0508. The summed E-state index contributed by atoms with van der Waals surface area (Å²) in [6.45, 7) is 2.39. The Kier molecular flexibility index (Phi) is 10.9. The second-order valence-electron chi connectivity index (χ2n) is 11.5. The number of nitrogens with one attached hydrogen (secondary N) is 2. The van der Waals surface area contributed by atoms with Gasteiger partial charge in [-0.25, -0.2) is 4.68 Å². The Labute approximate surface area is 273 Å². The minimum atomic E-state index is -0.790. The quantitative estimate of drug-likeness (QED) is 0.125. The van der Waals surface area contributed by atoms with Gasteiger partial charge in [-0.15, -0.1) is 0 Å². The number of allylic oxidation sites excluding steroid dienone is 1. The van der Waals surface area contributed by atoms with Crippen molar-refractivity contribution >= 4 is 23.2 Å². The Bertz CT molecular complexity index is 1780. The van der Waals surface area contributed by atoms with Crippen LogP contribution in [0.5, 0.6) is 0 Å². The number of aliphatic hydroxyl groups excluding tert-OH is 1. The third kappa shape index (κ3) is 8.18. The Morgan fingerprint density at radius 2 is 1.70 bits per heavy atom. The average molecular weight is 640 g/mol. The van der Waals surface area contributed by atoms with Gasteiger partial charge in [0.15, 0.2) is 5.76 Å². The molecule has 2 unspecified atom stereocenters. The number of aromatic nitrogens is 2. The van der Waals surface area contributed by atoms with E-state index in [2.05, 4.69) is 10.6 Å². The van der Waals surface area contributed by atoms with E-state index in [0.29, 0.717) is 42.7 Å². The summed E-state index contributed by atoms with van der Waals surface area (Å²) in [4.78, 5) is 39.5. The fourth-order valence-corrected chi connectivity index (χ4v) is 5.59. The highest BCUT2D eigenvalue weighted by molar-refractivity contribution is 5.93. The number of ether oxygens (including phenoxy) is 2. The molecule has 5 rings (SSSR count). The van der Waals surface area contributed by atoms with Crippen LogP contribution in [-0.2, 0) is 39.3 Å². The largest absolute Gasteiger partial charge is 0.459 e. The zero-order valence-corrected chi connectivity index (χ0v) is 26.6. The maximum absolute atomic E-state index is 13.8. The van der Waals surface area contributed by atoms with Crippen LogP contribution in [0.4, 0.5) is 11.4 Å². The van der Waals surface area contributed by atoms with E-state index in [4.69, 9.17) is 15.2 Å². The first-order chi connectivity index (χ1) is 22.7. The monoisotopic (exact) mass is 639 g/mol. The van der Waals surface area contributed by atoms with Crippen LogP contribution in [0.2, 0.25) is 0 Å². The zero-order chi connectivity index (χ0) is 33.3. The number of aliphatic hydroxyl groups is 1. The molecule has 1 aliphatic rings. The zero-order valence-electron chi connectivity index (χ0n) is 26.6. The van der Waals surface area contributed by atoms with Crippen LogP contribution in [0.15, 0.2) is 95.5 Å². The number of unbranched alkanes of at least 4 members (excludes halogenated alkanes) is 1. The number of anilines is 2. The lowest BCUT2D eigenvalue weighted by Gasteiger charge is -2.29. The molecule has 0 fully saturated rings. The number of para-hydroxylation sites is 3. The number of carbonyl (C=O) groups excluding carboxylic acids is 2. The molecule has 5 N–H and O–H groups in total. The van der Waals surface area contributed by atoms with Crippen molar-refractivity contribution in [1.82, 2.24) is 14.7 Å². The van der Waals surface area contributed by atoms with E-state index >= 15 is 0 Å². The number of carbonyl (C=O) groups is 2. The van der Waals surface area contributed by atoms with E-state index in [1.807, 2.05) is 73.3 Å². The molecule has 0 radical (unpaired) electrons.